The standard InChI is InChI=1S/C44H22O10/c45-41-33-31(34-38(24-10-2-6-14-28(24)50-42(34)46)53-37(33)23-9-1-5-13-27(23)49-41)21-17-19-22(20-18-21)32-35-39(25-11-3-7-15-29(25)51-43(35)47)54-40-26-12-4-8-16-30(26)52-44(48)36(32)40/h1-20,31-32H. The van der Waals surface area contributed by atoms with Gasteiger partial charge < -0.3 is 27.1 Å². The van der Waals surface area contributed by atoms with E-state index in [-0.39, 0.29) is 45.3 Å². The number of hydrogen-bond donors (Lipinski definition) is 0. The van der Waals surface area contributed by atoms with E-state index in [1.165, 1.54) is 0 Å². The SMILES string of the molecule is O=c1oc2ccccc2c2c1C(c1ccc(C3c4c(c5ccccc5oc4=O)Oc4c3c(=O)oc3ccccc43)cc1)c1c(c3ccccc3oc1=O)O2. The Morgan fingerprint density at radius 1 is 0.315 bits per heavy atom. The lowest BCUT2D eigenvalue weighted by atomic mass is 9.80. The molecule has 10 heteroatoms. The van der Waals surface area contributed by atoms with Gasteiger partial charge in [-0.05, 0) is 59.7 Å². The zero-order chi connectivity index (χ0) is 36.2. The van der Waals surface area contributed by atoms with Crippen LogP contribution in [-0.2, 0) is 0 Å². The second-order valence-corrected chi connectivity index (χ2v) is 13.3. The maximum Gasteiger partial charge on any atom is 0.344 e. The van der Waals surface area contributed by atoms with E-state index < -0.39 is 34.3 Å². The third kappa shape index (κ3) is 4.16. The summed E-state index contributed by atoms with van der Waals surface area (Å²) in [4.78, 5) is 55.4. The summed E-state index contributed by atoms with van der Waals surface area (Å²) in [6.45, 7) is 0. The van der Waals surface area contributed by atoms with E-state index in [0.29, 0.717) is 55.0 Å². The molecule has 10 nitrogen and oxygen atoms in total. The van der Waals surface area contributed by atoms with Gasteiger partial charge in [0.2, 0.25) is 0 Å². The van der Waals surface area contributed by atoms with Gasteiger partial charge in [-0.25, -0.2) is 19.2 Å². The van der Waals surface area contributed by atoms with Crippen molar-refractivity contribution in [3.63, 3.8) is 0 Å². The van der Waals surface area contributed by atoms with Crippen molar-refractivity contribution in [3.8, 4) is 23.0 Å². The van der Waals surface area contributed by atoms with Gasteiger partial charge in [0.25, 0.3) is 0 Å². The Balaban J connectivity index is 1.16. The van der Waals surface area contributed by atoms with Gasteiger partial charge in [-0.3, -0.25) is 0 Å². The molecule has 0 radical (unpaired) electrons. The summed E-state index contributed by atoms with van der Waals surface area (Å²) in [7, 11) is 0. The molecule has 0 saturated heterocycles. The van der Waals surface area contributed by atoms with Crippen molar-refractivity contribution in [2.45, 2.75) is 11.8 Å². The number of fused-ring (bicyclic) bond motifs is 12. The first-order valence-corrected chi connectivity index (χ1v) is 17.1. The molecule has 0 amide bonds. The quantitative estimate of drug-likeness (QED) is 0.160. The summed E-state index contributed by atoms with van der Waals surface area (Å²) >= 11 is 0. The number of para-hydroxylation sites is 4. The highest BCUT2D eigenvalue weighted by Crippen LogP contribution is 2.52. The lowest BCUT2D eigenvalue weighted by molar-refractivity contribution is 0.427. The molecule has 0 unspecified atom stereocenters. The molecule has 4 aromatic heterocycles. The maximum absolute atomic E-state index is 13.8. The van der Waals surface area contributed by atoms with Crippen molar-refractivity contribution in [2.24, 2.45) is 0 Å². The summed E-state index contributed by atoms with van der Waals surface area (Å²) in [6.07, 6.45) is 0. The monoisotopic (exact) mass is 710 g/mol. The minimum atomic E-state index is -0.961. The van der Waals surface area contributed by atoms with Crippen molar-refractivity contribution in [1.82, 2.24) is 0 Å². The summed E-state index contributed by atoms with van der Waals surface area (Å²) in [5.74, 6) is -0.810. The Hall–Kier alpha value is -7.46. The fourth-order valence-corrected chi connectivity index (χ4v) is 8.02. The van der Waals surface area contributed by atoms with E-state index in [4.69, 9.17) is 27.1 Å². The molecule has 0 atom stereocenters. The molecule has 54 heavy (non-hydrogen) atoms. The van der Waals surface area contributed by atoms with Crippen LogP contribution in [0.2, 0.25) is 0 Å². The van der Waals surface area contributed by atoms with Crippen LogP contribution in [-0.4, -0.2) is 0 Å². The van der Waals surface area contributed by atoms with Crippen molar-refractivity contribution in [3.05, 3.63) is 196 Å². The lowest BCUT2D eigenvalue weighted by Crippen LogP contribution is -2.27. The number of hydrogen-bond acceptors (Lipinski definition) is 10. The van der Waals surface area contributed by atoms with E-state index in [2.05, 4.69) is 0 Å². The molecule has 6 heterocycles. The topological polar surface area (TPSA) is 139 Å². The van der Waals surface area contributed by atoms with Crippen LogP contribution in [0.15, 0.2) is 158 Å². The van der Waals surface area contributed by atoms with Gasteiger partial charge in [0.05, 0.1) is 55.6 Å². The lowest BCUT2D eigenvalue weighted by Gasteiger charge is -2.29. The summed E-state index contributed by atoms with van der Waals surface area (Å²) in [6, 6.07) is 35.2. The molecule has 2 aliphatic rings. The Kier molecular flexibility index (Phi) is 6.16. The first kappa shape index (κ1) is 30.2. The van der Waals surface area contributed by atoms with Crippen molar-refractivity contribution < 1.29 is 27.1 Å². The molecule has 2 aliphatic heterocycles. The van der Waals surface area contributed by atoms with E-state index in [0.717, 1.165) is 0 Å². The smallest absolute Gasteiger partial charge is 0.344 e. The normalized spacial score (nSPS) is 13.6. The van der Waals surface area contributed by atoms with Gasteiger partial charge in [-0.15, -0.1) is 0 Å². The largest absolute Gasteiger partial charge is 0.455 e. The first-order chi connectivity index (χ1) is 26.4. The van der Waals surface area contributed by atoms with E-state index >= 15 is 0 Å². The molecule has 0 N–H and O–H groups in total. The van der Waals surface area contributed by atoms with Gasteiger partial charge in [-0.2, -0.15) is 0 Å². The van der Waals surface area contributed by atoms with Crippen LogP contribution in [0.25, 0.3) is 43.9 Å². The van der Waals surface area contributed by atoms with E-state index in [9.17, 15) is 19.2 Å². The summed E-state index contributed by atoms with van der Waals surface area (Å²) < 4.78 is 36.1. The second kappa shape index (κ2) is 11.0. The Morgan fingerprint density at radius 2 is 0.556 bits per heavy atom. The maximum atomic E-state index is 13.8. The average Bonchev–Trinajstić information content (AvgIpc) is 3.20. The molecule has 0 spiro atoms. The predicted octanol–water partition coefficient (Wildman–Crippen LogP) is 8.68. The van der Waals surface area contributed by atoms with Crippen LogP contribution in [0.1, 0.15) is 45.2 Å². The molecule has 0 fully saturated rings. The highest BCUT2D eigenvalue weighted by Gasteiger charge is 2.40. The van der Waals surface area contributed by atoms with Gasteiger partial charge >= 0.3 is 22.5 Å². The fourth-order valence-electron chi connectivity index (χ4n) is 8.02. The predicted molar refractivity (Wildman–Crippen MR) is 198 cm³/mol. The van der Waals surface area contributed by atoms with Crippen LogP contribution in [0.4, 0.5) is 0 Å². The first-order valence-electron chi connectivity index (χ1n) is 17.1. The minimum absolute atomic E-state index is 0.137. The number of benzene rings is 5. The van der Waals surface area contributed by atoms with Gasteiger partial charge in [0.1, 0.15) is 45.3 Å². The highest BCUT2D eigenvalue weighted by atomic mass is 16.5. The molecule has 258 valence electrons. The van der Waals surface area contributed by atoms with Gasteiger partial charge in [-0.1, -0.05) is 72.8 Å². The second-order valence-electron chi connectivity index (χ2n) is 13.3. The van der Waals surface area contributed by atoms with Crippen LogP contribution in [0.3, 0.4) is 0 Å². The number of ether oxygens (including phenoxy) is 2. The number of rotatable bonds is 2. The van der Waals surface area contributed by atoms with Gasteiger partial charge in [0, 0.05) is 0 Å². The summed E-state index contributed by atoms with van der Waals surface area (Å²) in [5.41, 5.74) is 0.285. The van der Waals surface area contributed by atoms with Crippen LogP contribution >= 0.6 is 0 Å². The third-order valence-corrected chi connectivity index (χ3v) is 10.4. The fraction of sp³-hybridized carbons (Fsp3) is 0.0455. The zero-order valence-electron chi connectivity index (χ0n) is 27.8. The van der Waals surface area contributed by atoms with Gasteiger partial charge in [0.15, 0.2) is 0 Å². The van der Waals surface area contributed by atoms with Crippen LogP contribution in [0, 0.1) is 0 Å². The van der Waals surface area contributed by atoms with Crippen LogP contribution < -0.4 is 32.0 Å². The molecule has 5 aromatic carbocycles. The molecular formula is C44H22O10. The van der Waals surface area contributed by atoms with Crippen LogP contribution in [0.5, 0.6) is 23.0 Å². The molecule has 9 aromatic rings. The zero-order valence-corrected chi connectivity index (χ0v) is 27.8. The van der Waals surface area contributed by atoms with E-state index in [1.54, 1.807) is 97.1 Å². The average molecular weight is 711 g/mol. The molecule has 0 saturated carbocycles. The van der Waals surface area contributed by atoms with E-state index in [1.807, 2.05) is 24.3 Å². The molecule has 0 aliphatic carbocycles. The Labute approximate surface area is 301 Å². The van der Waals surface area contributed by atoms with Crippen molar-refractivity contribution in [2.75, 3.05) is 0 Å². The summed E-state index contributed by atoms with van der Waals surface area (Å²) in [5, 5.41) is 2.24. The highest BCUT2D eigenvalue weighted by molar-refractivity contribution is 5.92. The molecular weight excluding hydrogens is 688 g/mol. The van der Waals surface area contributed by atoms with Crippen molar-refractivity contribution in [1.29, 1.82) is 0 Å². The minimum Gasteiger partial charge on any atom is -0.455 e. The molecule has 11 rings (SSSR count). The Bertz CT molecular complexity index is 2910. The third-order valence-electron chi connectivity index (χ3n) is 10.4. The van der Waals surface area contributed by atoms with Crippen molar-refractivity contribution >= 4 is 43.9 Å². The Morgan fingerprint density at radius 3 is 0.815 bits per heavy atom. The molecule has 0 bridgehead atoms.